The molecule has 1 aromatic carbocycles. The predicted octanol–water partition coefficient (Wildman–Crippen LogP) is 1.84. The molecule has 2 N–H and O–H groups in total. The van der Waals surface area contributed by atoms with Crippen molar-refractivity contribution in [2.45, 2.75) is 0 Å². The number of nitrogens with two attached hydrogens (primary N) is 1. The summed E-state index contributed by atoms with van der Waals surface area (Å²) in [5.74, 6) is 0. The molecule has 0 aliphatic rings. The number of hydrogen-bond acceptors (Lipinski definition) is 2. The highest BCUT2D eigenvalue weighted by Crippen LogP contribution is 2.16. The van der Waals surface area contributed by atoms with Crippen LogP contribution >= 0.6 is 0 Å². The lowest BCUT2D eigenvalue weighted by atomic mass is 10.3. The first-order valence-electron chi connectivity index (χ1n) is 2.67. The highest BCUT2D eigenvalue weighted by atomic mass is 19.4. The molecule has 2 nitrogen and oxygen atoms in total. The highest BCUT2D eigenvalue weighted by Gasteiger charge is 1.99. The molecule has 0 aromatic heterocycles. The molecule has 0 radical (unpaired) electrons. The third-order valence-electron chi connectivity index (χ3n) is 1.09. The van der Waals surface area contributed by atoms with Crippen LogP contribution in [0.4, 0.5) is 20.3 Å². The van der Waals surface area contributed by atoms with Crippen LogP contribution in [0.2, 0.25) is 0 Å². The van der Waals surface area contributed by atoms with Gasteiger partial charge in [-0.15, -0.1) is 0 Å². The Balaban J connectivity index is 2.89. The van der Waals surface area contributed by atoms with E-state index in [-0.39, 0.29) is 5.69 Å². The fraction of sp³-hybridized carbons (Fsp3) is 0. The Bertz CT molecular complexity index is 207. The Kier molecular flexibility index (Phi) is 1.71. The largest absolute Gasteiger partial charge is 0.399 e. The van der Waals surface area contributed by atoms with Crippen molar-refractivity contribution in [2.24, 2.45) is 0 Å². The fourth-order valence-electron chi connectivity index (χ4n) is 0.587. The lowest BCUT2D eigenvalue weighted by Crippen LogP contribution is -1.95. The van der Waals surface area contributed by atoms with Crippen molar-refractivity contribution >= 4 is 11.4 Å². The average molecular weight is 144 g/mol. The van der Waals surface area contributed by atoms with E-state index in [9.17, 15) is 8.96 Å². The van der Waals surface area contributed by atoms with E-state index in [0.29, 0.717) is 5.69 Å². The molecule has 0 atom stereocenters. The summed E-state index contributed by atoms with van der Waals surface area (Å²) in [6.45, 7) is 0. The minimum atomic E-state index is -0.959. The van der Waals surface area contributed by atoms with E-state index in [0.717, 1.165) is 0 Å². The number of anilines is 2. The molecule has 1 aromatic rings. The summed E-state index contributed by atoms with van der Waals surface area (Å²) in [4.78, 5) is 0. The van der Waals surface area contributed by atoms with E-state index in [1.807, 2.05) is 0 Å². The Morgan fingerprint density at radius 3 is 2.00 bits per heavy atom. The van der Waals surface area contributed by atoms with Crippen LogP contribution in [0.1, 0.15) is 0 Å². The third-order valence-corrected chi connectivity index (χ3v) is 1.09. The Labute approximate surface area is 56.7 Å². The van der Waals surface area contributed by atoms with Gasteiger partial charge in [0.15, 0.2) is 0 Å². The summed E-state index contributed by atoms with van der Waals surface area (Å²) in [7, 11) is 0. The maximum Gasteiger partial charge on any atom is 0.105 e. The minimum Gasteiger partial charge on any atom is -0.399 e. The van der Waals surface area contributed by atoms with Crippen molar-refractivity contribution in [1.82, 2.24) is 0 Å². The van der Waals surface area contributed by atoms with Crippen LogP contribution in [-0.4, -0.2) is 0 Å². The lowest BCUT2D eigenvalue weighted by molar-refractivity contribution is 0.235. The number of benzene rings is 1. The maximum atomic E-state index is 11.7. The van der Waals surface area contributed by atoms with Gasteiger partial charge in [-0.25, -0.2) is 0 Å². The van der Waals surface area contributed by atoms with Crippen molar-refractivity contribution in [3.63, 3.8) is 0 Å². The predicted molar refractivity (Wildman–Crippen MR) is 35.5 cm³/mol. The number of rotatable bonds is 1. The van der Waals surface area contributed by atoms with Gasteiger partial charge < -0.3 is 5.73 Å². The first-order chi connectivity index (χ1) is 4.70. The SMILES string of the molecule is Nc1ccc(N(F)F)cc1. The molecule has 0 spiro atoms. The normalized spacial score (nSPS) is 9.40. The van der Waals surface area contributed by atoms with Crippen molar-refractivity contribution in [2.75, 3.05) is 11.1 Å². The molecule has 10 heavy (non-hydrogen) atoms. The number of nitrogen functional groups attached to an aromatic ring is 1. The van der Waals surface area contributed by atoms with Gasteiger partial charge in [-0.2, -0.15) is 0 Å². The number of hydrogen-bond donors (Lipinski definition) is 1. The molecule has 0 bridgehead atoms. The zero-order valence-corrected chi connectivity index (χ0v) is 5.09. The summed E-state index contributed by atoms with van der Waals surface area (Å²) < 4.78 is 23.4. The van der Waals surface area contributed by atoms with Gasteiger partial charge in [0.05, 0.1) is 0 Å². The van der Waals surface area contributed by atoms with Crippen LogP contribution < -0.4 is 11.1 Å². The van der Waals surface area contributed by atoms with Gasteiger partial charge in [-0.3, -0.25) is 0 Å². The third kappa shape index (κ3) is 1.34. The zero-order valence-electron chi connectivity index (χ0n) is 5.09. The fourth-order valence-corrected chi connectivity index (χ4v) is 0.587. The van der Waals surface area contributed by atoms with Gasteiger partial charge in [0.2, 0.25) is 0 Å². The van der Waals surface area contributed by atoms with Crippen molar-refractivity contribution in [3.8, 4) is 0 Å². The number of halogens is 2. The van der Waals surface area contributed by atoms with Crippen LogP contribution in [0.25, 0.3) is 0 Å². The van der Waals surface area contributed by atoms with Crippen LogP contribution in [0, 0.1) is 0 Å². The van der Waals surface area contributed by atoms with Gasteiger partial charge in [0.25, 0.3) is 0 Å². The monoisotopic (exact) mass is 144 g/mol. The molecule has 0 saturated carbocycles. The van der Waals surface area contributed by atoms with Gasteiger partial charge in [-0.05, 0) is 29.6 Å². The highest BCUT2D eigenvalue weighted by molar-refractivity contribution is 5.49. The number of nitrogens with zero attached hydrogens (tertiary/aromatic N) is 1. The molecule has 54 valence electrons. The van der Waals surface area contributed by atoms with Crippen molar-refractivity contribution in [3.05, 3.63) is 24.3 Å². The molecule has 0 saturated heterocycles. The molecule has 0 heterocycles. The molecule has 0 fully saturated rings. The summed E-state index contributed by atoms with van der Waals surface area (Å²) in [6, 6.07) is 5.33. The van der Waals surface area contributed by atoms with E-state index < -0.39 is 5.34 Å². The molecule has 0 aliphatic carbocycles. The Hall–Kier alpha value is -1.32. The molecule has 0 amide bonds. The summed E-state index contributed by atoms with van der Waals surface area (Å²) in [5.41, 5.74) is 5.58. The molecule has 0 aliphatic heterocycles. The second-order valence-electron chi connectivity index (χ2n) is 1.82. The maximum absolute atomic E-state index is 11.7. The van der Waals surface area contributed by atoms with Gasteiger partial charge in [-0.1, -0.05) is 8.96 Å². The average Bonchev–Trinajstić information content (AvgIpc) is 1.88. The summed E-state index contributed by atoms with van der Waals surface area (Å²) in [6.07, 6.45) is 0. The van der Waals surface area contributed by atoms with Crippen LogP contribution in [0.3, 0.4) is 0 Å². The van der Waals surface area contributed by atoms with E-state index in [2.05, 4.69) is 0 Å². The zero-order chi connectivity index (χ0) is 7.56. The smallest absolute Gasteiger partial charge is 0.105 e. The second-order valence-corrected chi connectivity index (χ2v) is 1.82. The van der Waals surface area contributed by atoms with Gasteiger partial charge >= 0.3 is 0 Å². The minimum absolute atomic E-state index is 0.158. The molecular formula is C6H6F2N2. The van der Waals surface area contributed by atoms with Crippen LogP contribution in [0.5, 0.6) is 0 Å². The Morgan fingerprint density at radius 2 is 1.60 bits per heavy atom. The molecule has 1 rings (SSSR count). The molecular weight excluding hydrogens is 138 g/mol. The topological polar surface area (TPSA) is 29.3 Å². The molecule has 4 heteroatoms. The van der Waals surface area contributed by atoms with E-state index in [1.165, 1.54) is 24.3 Å². The van der Waals surface area contributed by atoms with E-state index in [4.69, 9.17) is 5.73 Å². The summed E-state index contributed by atoms with van der Waals surface area (Å²) >= 11 is 0. The van der Waals surface area contributed by atoms with E-state index in [1.54, 1.807) is 0 Å². The van der Waals surface area contributed by atoms with Crippen molar-refractivity contribution in [1.29, 1.82) is 0 Å². The first-order valence-corrected chi connectivity index (χ1v) is 2.67. The summed E-state index contributed by atoms with van der Waals surface area (Å²) in [5, 5.41) is -0.959. The first kappa shape index (κ1) is 6.80. The lowest BCUT2D eigenvalue weighted by Gasteiger charge is -2.00. The van der Waals surface area contributed by atoms with Gasteiger partial charge in [0.1, 0.15) is 5.69 Å². The quantitative estimate of drug-likeness (QED) is 0.481. The Morgan fingerprint density at radius 1 is 1.10 bits per heavy atom. The van der Waals surface area contributed by atoms with E-state index >= 15 is 0 Å². The molecule has 0 unspecified atom stereocenters. The van der Waals surface area contributed by atoms with Crippen molar-refractivity contribution < 1.29 is 8.96 Å². The second kappa shape index (κ2) is 2.51. The standard InChI is InChI=1S/C6H6F2N2/c7-10(8)6-3-1-5(9)2-4-6/h1-4H,9H2. The van der Waals surface area contributed by atoms with Crippen LogP contribution in [0.15, 0.2) is 24.3 Å². The van der Waals surface area contributed by atoms with Crippen LogP contribution in [-0.2, 0) is 0 Å². The van der Waals surface area contributed by atoms with Gasteiger partial charge in [0, 0.05) is 5.69 Å².